The Bertz CT molecular complexity index is 399. The number of hydrogen-bond donors (Lipinski definition) is 1. The van der Waals surface area contributed by atoms with Gasteiger partial charge in [0.15, 0.2) is 0 Å². The lowest BCUT2D eigenvalue weighted by atomic mass is 10.0. The first kappa shape index (κ1) is 10.9. The van der Waals surface area contributed by atoms with E-state index in [1.54, 1.807) is 7.11 Å². The standard InChI is InChI=1S/C14H20N2O/c1-17-14-4-2-3-13-12(14)7-10-16(13)11-5-8-15-9-6-11/h2-4,11,15H,5-10H2,1H3. The number of nitrogens with zero attached hydrogens (tertiary/aromatic N) is 1. The van der Waals surface area contributed by atoms with Gasteiger partial charge < -0.3 is 15.0 Å². The lowest BCUT2D eigenvalue weighted by Gasteiger charge is -2.33. The van der Waals surface area contributed by atoms with Gasteiger partial charge >= 0.3 is 0 Å². The van der Waals surface area contributed by atoms with Gasteiger partial charge in [0.05, 0.1) is 7.11 Å². The molecule has 1 aromatic carbocycles. The van der Waals surface area contributed by atoms with Gasteiger partial charge in [-0.1, -0.05) is 6.07 Å². The van der Waals surface area contributed by atoms with Gasteiger partial charge in [0.25, 0.3) is 0 Å². The number of fused-ring (bicyclic) bond motifs is 1. The molecular weight excluding hydrogens is 212 g/mol. The fraction of sp³-hybridized carbons (Fsp3) is 0.571. The molecule has 0 spiro atoms. The normalized spacial score (nSPS) is 20.4. The van der Waals surface area contributed by atoms with E-state index >= 15 is 0 Å². The molecule has 1 N–H and O–H groups in total. The zero-order valence-corrected chi connectivity index (χ0v) is 10.4. The van der Waals surface area contributed by atoms with Gasteiger partial charge in [-0.3, -0.25) is 0 Å². The summed E-state index contributed by atoms with van der Waals surface area (Å²) in [5.41, 5.74) is 2.80. The van der Waals surface area contributed by atoms with Crippen molar-refractivity contribution in [2.75, 3.05) is 31.6 Å². The molecule has 0 aromatic heterocycles. The fourth-order valence-corrected chi connectivity index (χ4v) is 3.12. The predicted molar refractivity (Wildman–Crippen MR) is 69.9 cm³/mol. The summed E-state index contributed by atoms with van der Waals surface area (Å²) in [7, 11) is 1.77. The minimum absolute atomic E-state index is 0.713. The molecule has 1 fully saturated rings. The topological polar surface area (TPSA) is 24.5 Å². The molecule has 0 amide bonds. The zero-order chi connectivity index (χ0) is 11.7. The van der Waals surface area contributed by atoms with Crippen LogP contribution in [0.4, 0.5) is 5.69 Å². The van der Waals surface area contributed by atoms with E-state index < -0.39 is 0 Å². The van der Waals surface area contributed by atoms with Crippen LogP contribution in [0.25, 0.3) is 0 Å². The van der Waals surface area contributed by atoms with Gasteiger partial charge in [-0.25, -0.2) is 0 Å². The molecule has 0 radical (unpaired) electrons. The Morgan fingerprint density at radius 3 is 2.88 bits per heavy atom. The predicted octanol–water partition coefficient (Wildman–Crippen LogP) is 1.81. The third kappa shape index (κ3) is 1.89. The number of benzene rings is 1. The van der Waals surface area contributed by atoms with Gasteiger partial charge in [0, 0.05) is 23.8 Å². The number of ether oxygens (including phenoxy) is 1. The van der Waals surface area contributed by atoms with E-state index in [1.165, 1.54) is 24.1 Å². The minimum atomic E-state index is 0.713. The van der Waals surface area contributed by atoms with Crippen LogP contribution < -0.4 is 15.0 Å². The van der Waals surface area contributed by atoms with E-state index in [-0.39, 0.29) is 0 Å². The number of methoxy groups -OCH3 is 1. The highest BCUT2D eigenvalue weighted by atomic mass is 16.5. The molecule has 2 heterocycles. The summed E-state index contributed by atoms with van der Waals surface area (Å²) in [4.78, 5) is 2.58. The van der Waals surface area contributed by atoms with Crippen molar-refractivity contribution in [1.29, 1.82) is 0 Å². The summed E-state index contributed by atoms with van der Waals surface area (Å²) in [5, 5.41) is 3.43. The molecule has 3 rings (SSSR count). The van der Waals surface area contributed by atoms with E-state index in [2.05, 4.69) is 28.4 Å². The highest BCUT2D eigenvalue weighted by molar-refractivity contribution is 5.63. The van der Waals surface area contributed by atoms with Crippen LogP contribution in [0.1, 0.15) is 18.4 Å². The quantitative estimate of drug-likeness (QED) is 0.841. The smallest absolute Gasteiger partial charge is 0.124 e. The molecule has 0 unspecified atom stereocenters. The van der Waals surface area contributed by atoms with Crippen molar-refractivity contribution in [3.63, 3.8) is 0 Å². The first-order chi connectivity index (χ1) is 8.40. The maximum atomic E-state index is 5.45. The highest BCUT2D eigenvalue weighted by Gasteiger charge is 2.28. The molecule has 3 heteroatoms. The molecule has 1 saturated heterocycles. The van der Waals surface area contributed by atoms with Gasteiger partial charge in [-0.05, 0) is 44.5 Å². The highest BCUT2D eigenvalue weighted by Crippen LogP contribution is 2.37. The minimum Gasteiger partial charge on any atom is -0.496 e. The van der Waals surface area contributed by atoms with Crippen LogP contribution in [0.3, 0.4) is 0 Å². The van der Waals surface area contributed by atoms with E-state index in [9.17, 15) is 0 Å². The molecule has 3 nitrogen and oxygen atoms in total. The van der Waals surface area contributed by atoms with Crippen molar-refractivity contribution in [2.24, 2.45) is 0 Å². The van der Waals surface area contributed by atoms with Crippen molar-refractivity contribution in [2.45, 2.75) is 25.3 Å². The number of hydrogen-bond acceptors (Lipinski definition) is 3. The van der Waals surface area contributed by atoms with Crippen molar-refractivity contribution < 1.29 is 4.74 Å². The number of anilines is 1. The van der Waals surface area contributed by atoms with E-state index in [0.717, 1.165) is 31.8 Å². The largest absolute Gasteiger partial charge is 0.496 e. The van der Waals surface area contributed by atoms with Crippen LogP contribution in [-0.4, -0.2) is 32.8 Å². The van der Waals surface area contributed by atoms with Crippen molar-refractivity contribution in [1.82, 2.24) is 5.32 Å². The lowest BCUT2D eigenvalue weighted by Crippen LogP contribution is -2.42. The van der Waals surface area contributed by atoms with Crippen LogP contribution in [0.5, 0.6) is 5.75 Å². The summed E-state index contributed by atoms with van der Waals surface area (Å²) in [6.45, 7) is 3.46. The van der Waals surface area contributed by atoms with Crippen LogP contribution in [0, 0.1) is 0 Å². The number of nitrogens with one attached hydrogen (secondary N) is 1. The Kier molecular flexibility index (Phi) is 2.93. The Morgan fingerprint density at radius 1 is 1.29 bits per heavy atom. The van der Waals surface area contributed by atoms with E-state index in [0.29, 0.717) is 6.04 Å². The molecule has 2 aliphatic rings. The van der Waals surface area contributed by atoms with Crippen LogP contribution in [-0.2, 0) is 6.42 Å². The summed E-state index contributed by atoms with van der Waals surface area (Å²) in [5.74, 6) is 1.05. The third-order valence-corrected chi connectivity index (χ3v) is 3.99. The molecule has 2 aliphatic heterocycles. The van der Waals surface area contributed by atoms with Crippen LogP contribution in [0.2, 0.25) is 0 Å². The molecule has 0 atom stereocenters. The van der Waals surface area contributed by atoms with Crippen molar-refractivity contribution >= 4 is 5.69 Å². The second-order valence-electron chi connectivity index (χ2n) is 4.88. The molecule has 0 aliphatic carbocycles. The second-order valence-corrected chi connectivity index (χ2v) is 4.88. The summed E-state index contributed by atoms with van der Waals surface area (Å²) in [6.07, 6.45) is 3.65. The average molecular weight is 232 g/mol. The molecule has 0 bridgehead atoms. The molecule has 92 valence electrons. The lowest BCUT2D eigenvalue weighted by molar-refractivity contribution is 0.411. The maximum Gasteiger partial charge on any atom is 0.124 e. The second kappa shape index (κ2) is 4.57. The monoisotopic (exact) mass is 232 g/mol. The Balaban J connectivity index is 1.87. The summed E-state index contributed by atoms with van der Waals surface area (Å²) in [6, 6.07) is 7.14. The average Bonchev–Trinajstić information content (AvgIpc) is 2.83. The Morgan fingerprint density at radius 2 is 2.12 bits per heavy atom. The summed E-state index contributed by atoms with van der Waals surface area (Å²) >= 11 is 0. The van der Waals surface area contributed by atoms with Crippen LogP contribution >= 0.6 is 0 Å². The van der Waals surface area contributed by atoms with Gasteiger partial charge in [0.1, 0.15) is 5.75 Å². The molecular formula is C14H20N2O. The van der Waals surface area contributed by atoms with E-state index in [1.807, 2.05) is 0 Å². The number of rotatable bonds is 2. The van der Waals surface area contributed by atoms with Crippen molar-refractivity contribution in [3.05, 3.63) is 23.8 Å². The van der Waals surface area contributed by atoms with Gasteiger partial charge in [-0.15, -0.1) is 0 Å². The molecule has 1 aromatic rings. The third-order valence-electron chi connectivity index (χ3n) is 3.99. The molecule has 0 saturated carbocycles. The first-order valence-corrected chi connectivity index (χ1v) is 6.53. The first-order valence-electron chi connectivity index (χ1n) is 6.53. The van der Waals surface area contributed by atoms with Crippen molar-refractivity contribution in [3.8, 4) is 5.75 Å². The number of piperidine rings is 1. The Hall–Kier alpha value is -1.22. The molecule has 17 heavy (non-hydrogen) atoms. The van der Waals surface area contributed by atoms with Crippen LogP contribution in [0.15, 0.2) is 18.2 Å². The van der Waals surface area contributed by atoms with Gasteiger partial charge in [0.2, 0.25) is 0 Å². The van der Waals surface area contributed by atoms with E-state index in [4.69, 9.17) is 4.74 Å². The zero-order valence-electron chi connectivity index (χ0n) is 10.4. The SMILES string of the molecule is COc1cccc2c1CCN2C1CCNCC1. The fourth-order valence-electron chi connectivity index (χ4n) is 3.12. The summed E-state index contributed by atoms with van der Waals surface area (Å²) < 4.78 is 5.45. The Labute approximate surface area is 103 Å². The van der Waals surface area contributed by atoms with Gasteiger partial charge in [-0.2, -0.15) is 0 Å². The maximum absolute atomic E-state index is 5.45.